The van der Waals surface area contributed by atoms with Gasteiger partial charge < -0.3 is 4.90 Å². The van der Waals surface area contributed by atoms with E-state index in [-0.39, 0.29) is 5.56 Å². The van der Waals surface area contributed by atoms with Gasteiger partial charge in [-0.1, -0.05) is 0 Å². The van der Waals surface area contributed by atoms with Crippen LogP contribution in [0.15, 0.2) is 35.4 Å². The molecule has 1 aliphatic rings. The second-order valence-corrected chi connectivity index (χ2v) is 8.64. The summed E-state index contributed by atoms with van der Waals surface area (Å²) in [4.78, 5) is 29.2. The number of pyridine rings is 1. The maximum atomic E-state index is 12.4. The molecule has 0 amide bonds. The monoisotopic (exact) mass is 404 g/mol. The smallest absolute Gasteiger partial charge is 0.274 e. The first-order valence-electron chi connectivity index (χ1n) is 9.52. The van der Waals surface area contributed by atoms with Crippen molar-refractivity contribution in [1.82, 2.24) is 24.6 Å². The molecule has 0 fully saturated rings. The molecule has 4 aromatic heterocycles. The molecule has 1 aliphatic heterocycles. The molecule has 0 N–H and O–H groups in total. The molecule has 29 heavy (non-hydrogen) atoms. The van der Waals surface area contributed by atoms with Crippen LogP contribution in [0.2, 0.25) is 0 Å². The lowest BCUT2D eigenvalue weighted by Crippen LogP contribution is -2.33. The molecule has 8 heteroatoms. The summed E-state index contributed by atoms with van der Waals surface area (Å²) >= 11 is 1.67. The van der Waals surface area contributed by atoms with Gasteiger partial charge in [-0.05, 0) is 44.0 Å². The van der Waals surface area contributed by atoms with Crippen molar-refractivity contribution >= 4 is 22.8 Å². The number of hydrogen-bond acceptors (Lipinski definition) is 7. The van der Waals surface area contributed by atoms with Crippen LogP contribution in [0, 0.1) is 20.8 Å². The van der Waals surface area contributed by atoms with Crippen LogP contribution < -0.4 is 10.5 Å². The molecule has 5 heterocycles. The topological polar surface area (TPSA) is 76.3 Å². The first kappa shape index (κ1) is 17.9. The van der Waals surface area contributed by atoms with E-state index in [1.165, 1.54) is 16.1 Å². The average Bonchev–Trinajstić information content (AvgIpc) is 3.13. The molecule has 4 aromatic rings. The van der Waals surface area contributed by atoms with Gasteiger partial charge in [-0.25, -0.2) is 9.97 Å². The van der Waals surface area contributed by atoms with Crippen LogP contribution in [-0.4, -0.2) is 31.1 Å². The van der Waals surface area contributed by atoms with E-state index in [0.29, 0.717) is 17.9 Å². The first-order chi connectivity index (χ1) is 14.0. The second-order valence-electron chi connectivity index (χ2n) is 7.40. The number of aryl methyl sites for hydroxylation is 3. The fraction of sp³-hybridized carbons (Fsp3) is 0.286. The van der Waals surface area contributed by atoms with Crippen molar-refractivity contribution in [2.45, 2.75) is 33.7 Å². The van der Waals surface area contributed by atoms with Gasteiger partial charge in [0.25, 0.3) is 5.56 Å². The summed E-state index contributed by atoms with van der Waals surface area (Å²) in [5.41, 5.74) is 5.54. The maximum Gasteiger partial charge on any atom is 0.274 e. The molecule has 7 nitrogen and oxygen atoms in total. The minimum absolute atomic E-state index is 0.157. The molecule has 0 saturated carbocycles. The largest absolute Gasteiger partial charge is 0.350 e. The highest BCUT2D eigenvalue weighted by molar-refractivity contribution is 7.15. The van der Waals surface area contributed by atoms with E-state index in [2.05, 4.69) is 26.0 Å². The lowest BCUT2D eigenvalue weighted by molar-refractivity contribution is 0.685. The van der Waals surface area contributed by atoms with E-state index in [9.17, 15) is 4.79 Å². The number of hydrogen-bond donors (Lipinski definition) is 0. The molecule has 146 valence electrons. The zero-order valence-electron chi connectivity index (χ0n) is 16.5. The lowest BCUT2D eigenvalue weighted by atomic mass is 10.0. The van der Waals surface area contributed by atoms with E-state index in [0.717, 1.165) is 45.5 Å². The van der Waals surface area contributed by atoms with Crippen LogP contribution in [0.25, 0.3) is 16.1 Å². The van der Waals surface area contributed by atoms with E-state index < -0.39 is 0 Å². The number of rotatable bonds is 2. The normalized spacial score (nSPS) is 13.7. The van der Waals surface area contributed by atoms with E-state index in [4.69, 9.17) is 4.98 Å². The van der Waals surface area contributed by atoms with Crippen molar-refractivity contribution < 1.29 is 0 Å². The molecule has 0 spiro atoms. The minimum Gasteiger partial charge on any atom is -0.350 e. The van der Waals surface area contributed by atoms with Gasteiger partial charge in [0.2, 0.25) is 0 Å². The fourth-order valence-corrected chi connectivity index (χ4v) is 4.55. The number of anilines is 1. The Kier molecular flexibility index (Phi) is 4.16. The Morgan fingerprint density at radius 2 is 1.93 bits per heavy atom. The van der Waals surface area contributed by atoms with Gasteiger partial charge in [-0.15, -0.1) is 16.4 Å². The molecule has 0 aromatic carbocycles. The first-order valence-corrected chi connectivity index (χ1v) is 10.3. The molecule has 0 saturated heterocycles. The average molecular weight is 404 g/mol. The van der Waals surface area contributed by atoms with Crippen molar-refractivity contribution in [2.24, 2.45) is 0 Å². The molecule has 0 atom stereocenters. The van der Waals surface area contributed by atoms with E-state index in [1.807, 2.05) is 39.2 Å². The summed E-state index contributed by atoms with van der Waals surface area (Å²) in [7, 11) is 0. The van der Waals surface area contributed by atoms with Gasteiger partial charge >= 0.3 is 0 Å². The standard InChI is InChI=1S/C21H20N6OS/c1-12-6-19-24-13(2)7-20(28)27(19)25-21(12)26-5-4-17-16(11-26)8-15(9-23-17)18-10-22-14(3)29-18/h6-10H,4-5,11H2,1-3H3. The van der Waals surface area contributed by atoms with Gasteiger partial charge in [0.05, 0.1) is 9.88 Å². The second kappa shape index (κ2) is 6.73. The zero-order chi connectivity index (χ0) is 20.1. The Bertz CT molecular complexity index is 1310. The van der Waals surface area contributed by atoms with Crippen LogP contribution in [0.1, 0.15) is 27.5 Å². The third-order valence-electron chi connectivity index (χ3n) is 5.19. The van der Waals surface area contributed by atoms with Crippen LogP contribution in [0.5, 0.6) is 0 Å². The molecular weight excluding hydrogens is 384 g/mol. The highest BCUT2D eigenvalue weighted by atomic mass is 32.1. The zero-order valence-corrected chi connectivity index (χ0v) is 17.3. The summed E-state index contributed by atoms with van der Waals surface area (Å²) in [6.45, 7) is 7.37. The van der Waals surface area contributed by atoms with Gasteiger partial charge in [0.1, 0.15) is 0 Å². The summed E-state index contributed by atoms with van der Waals surface area (Å²) in [6, 6.07) is 5.65. The maximum absolute atomic E-state index is 12.4. The Balaban J connectivity index is 1.53. The predicted molar refractivity (Wildman–Crippen MR) is 114 cm³/mol. The Hall–Kier alpha value is -3.13. The molecule has 0 bridgehead atoms. The summed E-state index contributed by atoms with van der Waals surface area (Å²) in [5.74, 6) is 0.815. The van der Waals surface area contributed by atoms with Crippen molar-refractivity contribution in [3.05, 3.63) is 68.5 Å². The SMILES string of the molecule is Cc1cc(=O)n2nc(N3CCc4ncc(-c5cnc(C)s5)cc4C3)c(C)cc2n1. The van der Waals surface area contributed by atoms with E-state index in [1.54, 1.807) is 11.3 Å². The van der Waals surface area contributed by atoms with Crippen LogP contribution in [0.3, 0.4) is 0 Å². The Morgan fingerprint density at radius 1 is 1.07 bits per heavy atom. The molecule has 0 unspecified atom stereocenters. The summed E-state index contributed by atoms with van der Waals surface area (Å²) in [5, 5.41) is 5.68. The molecule has 0 aliphatic carbocycles. The summed E-state index contributed by atoms with van der Waals surface area (Å²) < 4.78 is 1.39. The van der Waals surface area contributed by atoms with Crippen molar-refractivity contribution in [2.75, 3.05) is 11.4 Å². The van der Waals surface area contributed by atoms with Gasteiger partial charge in [-0.2, -0.15) is 4.52 Å². The minimum atomic E-state index is -0.157. The molecule has 0 radical (unpaired) electrons. The van der Waals surface area contributed by atoms with Gasteiger partial charge in [0.15, 0.2) is 11.5 Å². The van der Waals surface area contributed by atoms with Crippen LogP contribution in [0.4, 0.5) is 5.82 Å². The van der Waals surface area contributed by atoms with Crippen LogP contribution >= 0.6 is 11.3 Å². The third kappa shape index (κ3) is 3.19. The van der Waals surface area contributed by atoms with Crippen LogP contribution in [-0.2, 0) is 13.0 Å². The van der Waals surface area contributed by atoms with Crippen molar-refractivity contribution in [3.63, 3.8) is 0 Å². The lowest BCUT2D eigenvalue weighted by Gasteiger charge is -2.30. The Labute approximate surface area is 171 Å². The Morgan fingerprint density at radius 3 is 2.72 bits per heavy atom. The van der Waals surface area contributed by atoms with E-state index >= 15 is 0 Å². The molecule has 5 rings (SSSR count). The highest BCUT2D eigenvalue weighted by Gasteiger charge is 2.22. The predicted octanol–water partition coefficient (Wildman–Crippen LogP) is 3.10. The molecular formula is C21H20N6OS. The van der Waals surface area contributed by atoms with Crippen molar-refractivity contribution in [3.8, 4) is 10.4 Å². The van der Waals surface area contributed by atoms with Crippen molar-refractivity contribution in [1.29, 1.82) is 0 Å². The van der Waals surface area contributed by atoms with Gasteiger partial charge in [-0.3, -0.25) is 9.78 Å². The number of aromatic nitrogens is 5. The number of fused-ring (bicyclic) bond motifs is 2. The van der Waals surface area contributed by atoms with Gasteiger partial charge in [0, 0.05) is 54.9 Å². The fourth-order valence-electron chi connectivity index (χ4n) is 3.79. The summed E-state index contributed by atoms with van der Waals surface area (Å²) in [6.07, 6.45) is 4.69. The quantitative estimate of drug-likeness (QED) is 0.511. The number of nitrogens with zero attached hydrogens (tertiary/aromatic N) is 6. The third-order valence-corrected chi connectivity index (χ3v) is 6.15. The highest BCUT2D eigenvalue weighted by Crippen LogP contribution is 2.30. The number of thiazole rings is 1.